The van der Waals surface area contributed by atoms with Crippen molar-refractivity contribution >= 4 is 9.84 Å². The van der Waals surface area contributed by atoms with E-state index in [9.17, 15) is 8.42 Å². The van der Waals surface area contributed by atoms with Gasteiger partial charge in [-0.2, -0.15) is 0 Å². The molecule has 0 radical (unpaired) electrons. The van der Waals surface area contributed by atoms with Crippen LogP contribution in [0.25, 0.3) is 0 Å². The maximum Gasteiger partial charge on any atom is 0.153 e. The lowest BCUT2D eigenvalue weighted by Crippen LogP contribution is -2.21. The molecule has 0 bridgehead atoms. The number of sulfone groups is 1. The molecule has 1 heterocycles. The standard InChI is InChI=1S/C9H18O2S/c1-7-5-8(9(2,3)4)6-12(7,10)11/h7-8H,5-6H2,1-4H3. The third kappa shape index (κ3) is 1.82. The molecule has 1 aliphatic rings. The Hall–Kier alpha value is -0.0500. The normalized spacial score (nSPS) is 35.3. The van der Waals surface area contributed by atoms with Gasteiger partial charge < -0.3 is 0 Å². The van der Waals surface area contributed by atoms with Crippen molar-refractivity contribution in [2.24, 2.45) is 11.3 Å². The van der Waals surface area contributed by atoms with Crippen LogP contribution in [-0.2, 0) is 9.84 Å². The molecule has 0 saturated carbocycles. The maximum atomic E-state index is 11.4. The lowest BCUT2D eigenvalue weighted by atomic mass is 9.80. The first kappa shape index (κ1) is 10.0. The average molecular weight is 190 g/mol. The highest BCUT2D eigenvalue weighted by molar-refractivity contribution is 7.92. The molecule has 0 aromatic heterocycles. The van der Waals surface area contributed by atoms with Crippen LogP contribution in [0.3, 0.4) is 0 Å². The van der Waals surface area contributed by atoms with Crippen molar-refractivity contribution in [3.8, 4) is 0 Å². The molecule has 0 spiro atoms. The van der Waals surface area contributed by atoms with Gasteiger partial charge in [0.1, 0.15) is 0 Å². The third-order valence-electron chi connectivity index (χ3n) is 2.89. The summed E-state index contributed by atoms with van der Waals surface area (Å²) in [6.45, 7) is 8.17. The zero-order valence-corrected chi connectivity index (χ0v) is 9.11. The van der Waals surface area contributed by atoms with Crippen LogP contribution in [0.4, 0.5) is 0 Å². The van der Waals surface area contributed by atoms with Crippen LogP contribution < -0.4 is 0 Å². The second-order valence-corrected chi connectivity index (χ2v) is 7.40. The molecule has 1 fully saturated rings. The molecule has 2 atom stereocenters. The first-order valence-electron chi connectivity index (χ1n) is 4.45. The molecule has 0 aliphatic carbocycles. The van der Waals surface area contributed by atoms with Crippen molar-refractivity contribution in [1.82, 2.24) is 0 Å². The summed E-state index contributed by atoms with van der Waals surface area (Å²) in [4.78, 5) is 0. The van der Waals surface area contributed by atoms with E-state index in [-0.39, 0.29) is 10.7 Å². The third-order valence-corrected chi connectivity index (χ3v) is 5.17. The van der Waals surface area contributed by atoms with Crippen LogP contribution in [0.15, 0.2) is 0 Å². The van der Waals surface area contributed by atoms with Crippen molar-refractivity contribution in [2.75, 3.05) is 5.75 Å². The van der Waals surface area contributed by atoms with E-state index in [2.05, 4.69) is 20.8 Å². The fraction of sp³-hybridized carbons (Fsp3) is 1.00. The molecule has 1 saturated heterocycles. The molecule has 3 heteroatoms. The number of hydrogen-bond acceptors (Lipinski definition) is 2. The first-order chi connectivity index (χ1) is 5.23. The predicted octanol–water partition coefficient (Wildman–Crippen LogP) is 1.86. The second-order valence-electron chi connectivity index (χ2n) is 4.94. The summed E-state index contributed by atoms with van der Waals surface area (Å²) in [6, 6.07) is 0. The minimum Gasteiger partial charge on any atom is -0.229 e. The summed E-state index contributed by atoms with van der Waals surface area (Å²) >= 11 is 0. The minimum atomic E-state index is -2.76. The van der Waals surface area contributed by atoms with Gasteiger partial charge in [-0.15, -0.1) is 0 Å². The van der Waals surface area contributed by atoms with Crippen LogP contribution in [0.1, 0.15) is 34.1 Å². The Morgan fingerprint density at radius 3 is 1.92 bits per heavy atom. The zero-order chi connectivity index (χ0) is 9.57. The van der Waals surface area contributed by atoms with Crippen molar-refractivity contribution in [1.29, 1.82) is 0 Å². The molecule has 72 valence electrons. The van der Waals surface area contributed by atoms with E-state index in [1.807, 2.05) is 6.92 Å². The Morgan fingerprint density at radius 1 is 1.25 bits per heavy atom. The summed E-state index contributed by atoms with van der Waals surface area (Å²) in [5.74, 6) is 0.731. The van der Waals surface area contributed by atoms with E-state index in [0.717, 1.165) is 6.42 Å². The second kappa shape index (κ2) is 2.72. The Balaban J connectivity index is 2.81. The zero-order valence-electron chi connectivity index (χ0n) is 8.29. The van der Waals surface area contributed by atoms with E-state index in [4.69, 9.17) is 0 Å². The van der Waals surface area contributed by atoms with Gasteiger partial charge in [0, 0.05) is 0 Å². The van der Waals surface area contributed by atoms with Crippen LogP contribution in [0, 0.1) is 11.3 Å². The molecule has 2 unspecified atom stereocenters. The van der Waals surface area contributed by atoms with Crippen molar-refractivity contribution in [3.05, 3.63) is 0 Å². The Labute approximate surface area is 75.3 Å². The minimum absolute atomic E-state index is 0.123. The average Bonchev–Trinajstić information content (AvgIpc) is 2.06. The Morgan fingerprint density at radius 2 is 1.75 bits per heavy atom. The van der Waals surface area contributed by atoms with Gasteiger partial charge in [-0.05, 0) is 24.7 Å². The topological polar surface area (TPSA) is 34.1 Å². The van der Waals surface area contributed by atoms with Gasteiger partial charge in [-0.3, -0.25) is 0 Å². The number of hydrogen-bond donors (Lipinski definition) is 0. The van der Waals surface area contributed by atoms with Crippen molar-refractivity contribution in [2.45, 2.75) is 39.4 Å². The van der Waals surface area contributed by atoms with Crippen LogP contribution >= 0.6 is 0 Å². The molecular formula is C9H18O2S. The van der Waals surface area contributed by atoms with Gasteiger partial charge in [0.25, 0.3) is 0 Å². The van der Waals surface area contributed by atoms with E-state index in [0.29, 0.717) is 11.7 Å². The quantitative estimate of drug-likeness (QED) is 0.584. The van der Waals surface area contributed by atoms with E-state index in [1.165, 1.54) is 0 Å². The summed E-state index contributed by atoms with van der Waals surface area (Å²) in [5, 5.41) is -0.123. The highest BCUT2D eigenvalue weighted by atomic mass is 32.2. The summed E-state index contributed by atoms with van der Waals surface area (Å²) in [6.07, 6.45) is 0.839. The highest BCUT2D eigenvalue weighted by Crippen LogP contribution is 2.37. The monoisotopic (exact) mass is 190 g/mol. The predicted molar refractivity (Wildman–Crippen MR) is 50.8 cm³/mol. The molecule has 0 N–H and O–H groups in total. The first-order valence-corrected chi connectivity index (χ1v) is 6.16. The molecule has 0 aromatic rings. The fourth-order valence-electron chi connectivity index (χ4n) is 1.66. The van der Waals surface area contributed by atoms with E-state index in [1.54, 1.807) is 0 Å². The lowest BCUT2D eigenvalue weighted by Gasteiger charge is -2.25. The van der Waals surface area contributed by atoms with E-state index >= 15 is 0 Å². The molecule has 1 rings (SSSR count). The lowest BCUT2D eigenvalue weighted by molar-refractivity contribution is 0.261. The summed E-state index contributed by atoms with van der Waals surface area (Å²) < 4.78 is 22.8. The molecule has 1 aliphatic heterocycles. The van der Waals surface area contributed by atoms with Gasteiger partial charge in [-0.25, -0.2) is 8.42 Å². The van der Waals surface area contributed by atoms with Gasteiger partial charge in [0.05, 0.1) is 11.0 Å². The molecule has 2 nitrogen and oxygen atoms in total. The summed E-state index contributed by atoms with van der Waals surface area (Å²) in [7, 11) is -2.76. The smallest absolute Gasteiger partial charge is 0.153 e. The molecule has 0 amide bonds. The molecule has 0 aromatic carbocycles. The van der Waals surface area contributed by atoms with Gasteiger partial charge in [0.2, 0.25) is 0 Å². The Kier molecular flexibility index (Phi) is 2.28. The fourth-order valence-corrected chi connectivity index (χ4v) is 3.71. The van der Waals surface area contributed by atoms with E-state index < -0.39 is 9.84 Å². The van der Waals surface area contributed by atoms with Crippen molar-refractivity contribution in [3.63, 3.8) is 0 Å². The van der Waals surface area contributed by atoms with Gasteiger partial charge in [-0.1, -0.05) is 20.8 Å². The van der Waals surface area contributed by atoms with Crippen LogP contribution in [-0.4, -0.2) is 19.4 Å². The molecule has 12 heavy (non-hydrogen) atoms. The van der Waals surface area contributed by atoms with Crippen LogP contribution in [0.5, 0.6) is 0 Å². The van der Waals surface area contributed by atoms with Crippen molar-refractivity contribution < 1.29 is 8.42 Å². The SMILES string of the molecule is CC1CC(C(C)(C)C)CS1(=O)=O. The highest BCUT2D eigenvalue weighted by Gasteiger charge is 2.40. The summed E-state index contributed by atoms with van der Waals surface area (Å²) in [5.41, 5.74) is 0.137. The van der Waals surface area contributed by atoms with Gasteiger partial charge in [0.15, 0.2) is 9.84 Å². The largest absolute Gasteiger partial charge is 0.229 e. The Bertz CT molecular complexity index is 259. The van der Waals surface area contributed by atoms with Gasteiger partial charge >= 0.3 is 0 Å². The van der Waals surface area contributed by atoms with Crippen LogP contribution in [0.2, 0.25) is 0 Å². The maximum absolute atomic E-state index is 11.4. The molecular weight excluding hydrogens is 172 g/mol. The number of rotatable bonds is 0.